The van der Waals surface area contributed by atoms with Crippen LogP contribution < -0.4 is 10.2 Å². The Morgan fingerprint density at radius 2 is 2.00 bits per heavy atom. The van der Waals surface area contributed by atoms with Crippen molar-refractivity contribution in [3.63, 3.8) is 0 Å². The second kappa shape index (κ2) is 4.10. The Hall–Kier alpha value is -1.02. The summed E-state index contributed by atoms with van der Waals surface area (Å²) < 4.78 is 0. The van der Waals surface area contributed by atoms with E-state index >= 15 is 0 Å². The molecule has 1 aromatic carbocycles. The Bertz CT molecular complexity index is 363. The van der Waals surface area contributed by atoms with Crippen LogP contribution in [0.25, 0.3) is 0 Å². The van der Waals surface area contributed by atoms with Gasteiger partial charge in [0.25, 0.3) is 0 Å². The van der Waals surface area contributed by atoms with Crippen molar-refractivity contribution in [2.45, 2.75) is 26.8 Å². The molecular weight excluding hydrogens is 196 g/mol. The van der Waals surface area contributed by atoms with Crippen LogP contribution in [0.4, 0.5) is 5.69 Å². The maximum atomic E-state index is 3.28. The highest BCUT2D eigenvalue weighted by Gasteiger charge is 2.34. The lowest BCUT2D eigenvalue weighted by Crippen LogP contribution is -2.53. The summed E-state index contributed by atoms with van der Waals surface area (Å²) in [6, 6.07) is 9.28. The van der Waals surface area contributed by atoms with Crippen molar-refractivity contribution in [3.05, 3.63) is 29.8 Å². The van der Waals surface area contributed by atoms with E-state index in [0.717, 1.165) is 0 Å². The number of nitrogens with zero attached hydrogens (tertiary/aromatic N) is 1. The van der Waals surface area contributed by atoms with Crippen LogP contribution in [0.1, 0.15) is 32.4 Å². The van der Waals surface area contributed by atoms with Gasteiger partial charge in [0.1, 0.15) is 0 Å². The monoisotopic (exact) mass is 218 g/mol. The van der Waals surface area contributed by atoms with Gasteiger partial charge in [-0.05, 0) is 37.1 Å². The third-order valence-corrected chi connectivity index (χ3v) is 3.41. The molecule has 1 aliphatic rings. The van der Waals surface area contributed by atoms with Crippen LogP contribution >= 0.6 is 0 Å². The van der Waals surface area contributed by atoms with E-state index in [1.54, 1.807) is 0 Å². The van der Waals surface area contributed by atoms with E-state index in [4.69, 9.17) is 0 Å². The van der Waals surface area contributed by atoms with Gasteiger partial charge in [-0.15, -0.1) is 0 Å². The first-order valence-electron chi connectivity index (χ1n) is 6.04. The average molecular weight is 218 g/mol. The van der Waals surface area contributed by atoms with Crippen LogP contribution in [-0.2, 0) is 0 Å². The van der Waals surface area contributed by atoms with Gasteiger partial charge in [-0.25, -0.2) is 0 Å². The number of rotatable bonds is 3. The summed E-state index contributed by atoms with van der Waals surface area (Å²) in [5.74, 6) is 0. The Morgan fingerprint density at radius 3 is 2.56 bits per heavy atom. The van der Waals surface area contributed by atoms with Gasteiger partial charge in [0.2, 0.25) is 0 Å². The molecule has 2 rings (SSSR count). The first kappa shape index (κ1) is 11.5. The van der Waals surface area contributed by atoms with Gasteiger partial charge < -0.3 is 10.2 Å². The Morgan fingerprint density at radius 1 is 1.31 bits per heavy atom. The average Bonchev–Trinajstić information content (AvgIpc) is 2.25. The number of nitrogens with one attached hydrogen (secondary N) is 1. The molecule has 1 saturated heterocycles. The van der Waals surface area contributed by atoms with Crippen molar-refractivity contribution in [3.8, 4) is 0 Å². The summed E-state index contributed by atoms with van der Waals surface area (Å²) in [5.41, 5.74) is 3.22. The number of hydrogen-bond acceptors (Lipinski definition) is 2. The van der Waals surface area contributed by atoms with E-state index < -0.39 is 0 Å². The second-order valence-corrected chi connectivity index (χ2v) is 5.63. The van der Waals surface area contributed by atoms with Gasteiger partial charge in [0.15, 0.2) is 0 Å². The minimum absolute atomic E-state index is 0.425. The van der Waals surface area contributed by atoms with Crippen molar-refractivity contribution >= 4 is 5.69 Å². The Kier molecular flexibility index (Phi) is 2.94. The fourth-order valence-corrected chi connectivity index (χ4v) is 2.33. The second-order valence-electron chi connectivity index (χ2n) is 5.63. The Balaban J connectivity index is 2.12. The molecule has 0 aliphatic carbocycles. The van der Waals surface area contributed by atoms with Crippen LogP contribution in [0.15, 0.2) is 24.3 Å². The van der Waals surface area contributed by atoms with Gasteiger partial charge >= 0.3 is 0 Å². The molecule has 1 aliphatic heterocycles. The molecule has 0 radical (unpaired) electrons. The predicted molar refractivity (Wildman–Crippen MR) is 69.9 cm³/mol. The van der Waals surface area contributed by atoms with Gasteiger partial charge in [-0.1, -0.05) is 26.0 Å². The van der Waals surface area contributed by atoms with Crippen LogP contribution in [0.3, 0.4) is 0 Å². The highest BCUT2D eigenvalue weighted by Crippen LogP contribution is 2.34. The zero-order valence-corrected chi connectivity index (χ0v) is 10.7. The molecule has 1 fully saturated rings. The smallest absolute Gasteiger partial charge is 0.0369 e. The minimum atomic E-state index is 0.425. The van der Waals surface area contributed by atoms with E-state index in [9.17, 15) is 0 Å². The van der Waals surface area contributed by atoms with Crippen LogP contribution in [-0.4, -0.2) is 20.1 Å². The highest BCUT2D eigenvalue weighted by molar-refractivity contribution is 5.52. The van der Waals surface area contributed by atoms with Crippen molar-refractivity contribution < 1.29 is 0 Å². The fraction of sp³-hybridized carbons (Fsp3) is 0.571. The molecule has 1 unspecified atom stereocenters. The first-order chi connectivity index (χ1) is 7.52. The van der Waals surface area contributed by atoms with E-state index in [-0.39, 0.29) is 0 Å². The molecule has 1 atom stereocenters. The lowest BCUT2D eigenvalue weighted by molar-refractivity contribution is 0.276. The summed E-state index contributed by atoms with van der Waals surface area (Å²) in [6.07, 6.45) is 0. The molecule has 2 nitrogen and oxygen atoms in total. The Labute approximate surface area is 98.7 Å². The molecular formula is C14H22N2. The topological polar surface area (TPSA) is 15.3 Å². The zero-order valence-electron chi connectivity index (χ0n) is 10.7. The summed E-state index contributed by atoms with van der Waals surface area (Å²) in [7, 11) is 2.00. The van der Waals surface area contributed by atoms with Crippen LogP contribution in [0, 0.1) is 5.41 Å². The highest BCUT2D eigenvalue weighted by atomic mass is 15.2. The molecule has 0 saturated carbocycles. The third-order valence-electron chi connectivity index (χ3n) is 3.41. The van der Waals surface area contributed by atoms with E-state index in [1.165, 1.54) is 24.3 Å². The predicted octanol–water partition coefficient (Wildman–Crippen LogP) is 2.81. The molecule has 1 aromatic rings. The third kappa shape index (κ3) is 2.22. The summed E-state index contributed by atoms with van der Waals surface area (Å²) in [4.78, 5) is 2.45. The number of hydrogen-bond donors (Lipinski definition) is 1. The van der Waals surface area contributed by atoms with E-state index in [0.29, 0.717) is 11.5 Å². The normalized spacial score (nSPS) is 20.4. The molecule has 1 N–H and O–H groups in total. The van der Waals surface area contributed by atoms with Gasteiger partial charge in [0, 0.05) is 24.8 Å². The van der Waals surface area contributed by atoms with Crippen LogP contribution in [0.2, 0.25) is 0 Å². The van der Waals surface area contributed by atoms with Crippen LogP contribution in [0.5, 0.6) is 0 Å². The molecule has 2 heteroatoms. The van der Waals surface area contributed by atoms with Crippen molar-refractivity contribution in [1.29, 1.82) is 0 Å². The molecule has 16 heavy (non-hydrogen) atoms. The van der Waals surface area contributed by atoms with Gasteiger partial charge in [0.05, 0.1) is 0 Å². The lowest BCUT2D eigenvalue weighted by atomic mass is 9.84. The van der Waals surface area contributed by atoms with Crippen molar-refractivity contribution in [1.82, 2.24) is 5.32 Å². The molecule has 0 spiro atoms. The quantitative estimate of drug-likeness (QED) is 0.839. The first-order valence-corrected chi connectivity index (χ1v) is 6.04. The lowest BCUT2D eigenvalue weighted by Gasteiger charge is -2.47. The number of benzene rings is 1. The maximum Gasteiger partial charge on any atom is 0.0369 e. The number of anilines is 1. The summed E-state index contributed by atoms with van der Waals surface area (Å²) >= 11 is 0. The van der Waals surface area contributed by atoms with Crippen molar-refractivity contribution in [2.75, 3.05) is 25.0 Å². The molecule has 0 bridgehead atoms. The molecule has 0 aromatic heterocycles. The minimum Gasteiger partial charge on any atom is -0.370 e. The summed E-state index contributed by atoms with van der Waals surface area (Å²) in [6.45, 7) is 9.18. The zero-order chi connectivity index (χ0) is 11.8. The standard InChI is InChI=1S/C14H22N2/c1-11(15-4)12-6-5-7-13(8-12)16-9-14(2,3)10-16/h5-8,11,15H,9-10H2,1-4H3. The SMILES string of the molecule is CNC(C)c1cccc(N2CC(C)(C)C2)c1. The van der Waals surface area contributed by atoms with Gasteiger partial charge in [-0.2, -0.15) is 0 Å². The maximum absolute atomic E-state index is 3.28. The van der Waals surface area contributed by atoms with E-state index in [1.807, 2.05) is 7.05 Å². The summed E-state index contributed by atoms with van der Waals surface area (Å²) in [5, 5.41) is 3.28. The van der Waals surface area contributed by atoms with Crippen molar-refractivity contribution in [2.24, 2.45) is 5.41 Å². The fourth-order valence-electron chi connectivity index (χ4n) is 2.33. The molecule has 0 amide bonds. The van der Waals surface area contributed by atoms with E-state index in [2.05, 4.69) is 55.3 Å². The molecule has 88 valence electrons. The molecule has 1 heterocycles. The largest absolute Gasteiger partial charge is 0.370 e. The van der Waals surface area contributed by atoms with Gasteiger partial charge in [-0.3, -0.25) is 0 Å².